The molecule has 1 aliphatic rings. The molecule has 1 rings (SSSR count). The highest BCUT2D eigenvalue weighted by atomic mass is 32.3. The molecule has 3 radical (unpaired) electrons. The fourth-order valence-corrected chi connectivity index (χ4v) is 3.36. The van der Waals surface area contributed by atoms with Gasteiger partial charge in [0.2, 0.25) is 0 Å². The Morgan fingerprint density at radius 2 is 2.06 bits per heavy atom. The number of hydrogen-bond donors (Lipinski definition) is 1. The number of ether oxygens (including phenoxy) is 2. The minimum Gasteiger partial charge on any atom is -0.418 e. The first-order valence-corrected chi connectivity index (χ1v) is 10.6. The third-order valence-electron chi connectivity index (χ3n) is 2.31. The Hall–Kier alpha value is 0.664. The molecule has 1 saturated heterocycles. The molecule has 0 aromatic carbocycles. The van der Waals surface area contributed by atoms with E-state index in [4.69, 9.17) is 13.9 Å². The van der Waals surface area contributed by atoms with Crippen LogP contribution in [0.1, 0.15) is 13.3 Å². The molecular formula is C10H23O3SSi2. The fraction of sp³-hybridized carbons (Fsp3) is 1.00. The summed E-state index contributed by atoms with van der Waals surface area (Å²) < 4.78 is 16.3. The van der Waals surface area contributed by atoms with E-state index in [1.807, 2.05) is 0 Å². The summed E-state index contributed by atoms with van der Waals surface area (Å²) in [6, 6.07) is 1.19. The number of epoxide rings is 1. The van der Waals surface area contributed by atoms with E-state index in [2.05, 4.69) is 41.5 Å². The summed E-state index contributed by atoms with van der Waals surface area (Å²) in [4.78, 5) is 0. The fourth-order valence-electron chi connectivity index (χ4n) is 1.44. The zero-order valence-corrected chi connectivity index (χ0v) is 13.4. The third kappa shape index (κ3) is 9.86. The van der Waals surface area contributed by atoms with Gasteiger partial charge in [-0.15, -0.1) is 0 Å². The van der Waals surface area contributed by atoms with Crippen molar-refractivity contribution in [3.8, 4) is 0 Å². The predicted molar refractivity (Wildman–Crippen MR) is 73.8 cm³/mol. The van der Waals surface area contributed by atoms with Gasteiger partial charge in [0.15, 0.2) is 8.32 Å². The second-order valence-electron chi connectivity index (χ2n) is 4.33. The van der Waals surface area contributed by atoms with Gasteiger partial charge in [0.1, 0.15) is 15.5 Å². The molecular weight excluding hydrogens is 256 g/mol. The van der Waals surface area contributed by atoms with Crippen molar-refractivity contribution in [2.45, 2.75) is 38.6 Å². The Morgan fingerprint density at radius 1 is 1.44 bits per heavy atom. The topological polar surface area (TPSA) is 31.0 Å². The van der Waals surface area contributed by atoms with Crippen molar-refractivity contribution in [1.29, 1.82) is 0 Å². The third-order valence-corrected chi connectivity index (χ3v) is 4.94. The normalized spacial score (nSPS) is 18.9. The van der Waals surface area contributed by atoms with Crippen LogP contribution in [0.2, 0.25) is 19.1 Å². The lowest BCUT2D eigenvalue weighted by Gasteiger charge is -2.21. The number of hydrogen-bond acceptors (Lipinski definition) is 4. The van der Waals surface area contributed by atoms with Crippen molar-refractivity contribution in [3.05, 3.63) is 0 Å². The van der Waals surface area contributed by atoms with Crippen LogP contribution in [0.25, 0.3) is 0 Å². The lowest BCUT2D eigenvalue weighted by atomic mass is 10.5. The van der Waals surface area contributed by atoms with E-state index < -0.39 is 8.32 Å². The molecule has 0 aliphatic carbocycles. The SMILES string of the molecule is CCO[Si](C)(C)CCCOCC1CO1.[Si]S. The summed E-state index contributed by atoms with van der Waals surface area (Å²) in [6.45, 7) is 9.95. The predicted octanol–water partition coefficient (Wildman–Crippen LogP) is 2.03. The Bertz CT molecular complexity index is 166. The summed E-state index contributed by atoms with van der Waals surface area (Å²) in [5, 5.41) is 0. The van der Waals surface area contributed by atoms with Gasteiger partial charge in [-0.3, -0.25) is 0 Å². The van der Waals surface area contributed by atoms with Crippen LogP contribution in [0.5, 0.6) is 0 Å². The van der Waals surface area contributed by atoms with E-state index in [0.717, 1.165) is 32.8 Å². The largest absolute Gasteiger partial charge is 0.418 e. The average Bonchev–Trinajstić information content (AvgIpc) is 3.04. The van der Waals surface area contributed by atoms with Crippen LogP contribution >= 0.6 is 12.1 Å². The quantitative estimate of drug-likeness (QED) is 0.319. The maximum absolute atomic E-state index is 5.73. The minimum atomic E-state index is -1.38. The van der Waals surface area contributed by atoms with Crippen molar-refractivity contribution < 1.29 is 13.9 Å². The molecule has 0 saturated carbocycles. The van der Waals surface area contributed by atoms with Gasteiger partial charge in [0.05, 0.1) is 13.2 Å². The Kier molecular flexibility index (Phi) is 10.1. The van der Waals surface area contributed by atoms with Gasteiger partial charge >= 0.3 is 0 Å². The first kappa shape index (κ1) is 16.7. The highest BCUT2D eigenvalue weighted by molar-refractivity contribution is 8.03. The van der Waals surface area contributed by atoms with Gasteiger partial charge < -0.3 is 13.9 Å². The van der Waals surface area contributed by atoms with Crippen LogP contribution in [0.15, 0.2) is 0 Å². The highest BCUT2D eigenvalue weighted by Gasteiger charge is 2.23. The van der Waals surface area contributed by atoms with E-state index in [1.165, 1.54) is 6.04 Å². The molecule has 0 amide bonds. The minimum absolute atomic E-state index is 0.396. The Morgan fingerprint density at radius 3 is 2.56 bits per heavy atom. The van der Waals surface area contributed by atoms with Crippen molar-refractivity contribution >= 4 is 29.8 Å². The Balaban J connectivity index is 0.00000106. The first-order chi connectivity index (χ1) is 7.64. The molecule has 0 aromatic heterocycles. The second kappa shape index (κ2) is 9.67. The summed E-state index contributed by atoms with van der Waals surface area (Å²) in [5.74, 6) is 0. The van der Waals surface area contributed by atoms with Crippen molar-refractivity contribution in [2.75, 3.05) is 26.4 Å². The van der Waals surface area contributed by atoms with Crippen LogP contribution in [-0.4, -0.2) is 50.2 Å². The lowest BCUT2D eigenvalue weighted by molar-refractivity contribution is 0.116. The molecule has 1 aliphatic heterocycles. The van der Waals surface area contributed by atoms with Crippen LogP contribution in [-0.2, 0) is 13.9 Å². The monoisotopic (exact) mass is 279 g/mol. The van der Waals surface area contributed by atoms with Gasteiger partial charge in [-0.05, 0) is 32.5 Å². The molecule has 0 spiro atoms. The molecule has 1 atom stereocenters. The maximum atomic E-state index is 5.73. The van der Waals surface area contributed by atoms with Gasteiger partial charge in [0, 0.05) is 13.2 Å². The van der Waals surface area contributed by atoms with Gasteiger partial charge in [-0.1, -0.05) is 0 Å². The molecule has 95 valence electrons. The smallest absolute Gasteiger partial charge is 0.186 e. The zero-order valence-electron chi connectivity index (χ0n) is 10.5. The molecule has 1 fully saturated rings. The summed E-state index contributed by atoms with van der Waals surface area (Å²) >= 11 is 3.33. The van der Waals surface area contributed by atoms with Crippen LogP contribution in [0, 0.1) is 0 Å². The molecule has 3 nitrogen and oxygen atoms in total. The van der Waals surface area contributed by atoms with Crippen molar-refractivity contribution in [2.24, 2.45) is 0 Å². The standard InChI is InChI=1S/C10H22O3Si.HSSi/c1-4-13-14(2,3)7-5-6-11-8-10-9-12-10;1-2/h10H,4-9H2,1-3H3;1H. The maximum Gasteiger partial charge on any atom is 0.186 e. The van der Waals surface area contributed by atoms with Crippen LogP contribution in [0.3, 0.4) is 0 Å². The van der Waals surface area contributed by atoms with Gasteiger partial charge in [0.25, 0.3) is 0 Å². The van der Waals surface area contributed by atoms with E-state index >= 15 is 0 Å². The molecule has 6 heteroatoms. The summed E-state index contributed by atoms with van der Waals surface area (Å²) in [7, 11) is 1.29. The van der Waals surface area contributed by atoms with Gasteiger partial charge in [-0.2, -0.15) is 0 Å². The molecule has 0 aromatic rings. The van der Waals surface area contributed by atoms with Crippen molar-refractivity contribution in [1.82, 2.24) is 0 Å². The van der Waals surface area contributed by atoms with E-state index in [9.17, 15) is 0 Å². The Labute approximate surface area is 109 Å². The molecule has 1 heterocycles. The van der Waals surface area contributed by atoms with Crippen LogP contribution in [0.4, 0.5) is 0 Å². The van der Waals surface area contributed by atoms with Gasteiger partial charge in [-0.25, -0.2) is 12.1 Å². The van der Waals surface area contributed by atoms with Crippen LogP contribution < -0.4 is 0 Å². The highest BCUT2D eigenvalue weighted by Crippen LogP contribution is 2.14. The van der Waals surface area contributed by atoms with E-state index in [1.54, 1.807) is 0 Å². The summed E-state index contributed by atoms with van der Waals surface area (Å²) in [5.41, 5.74) is 0. The van der Waals surface area contributed by atoms with Crippen molar-refractivity contribution in [3.63, 3.8) is 0 Å². The summed E-state index contributed by atoms with van der Waals surface area (Å²) in [6.07, 6.45) is 1.51. The lowest BCUT2D eigenvalue weighted by Crippen LogP contribution is -2.30. The zero-order chi connectivity index (χ0) is 12.4. The number of thiol groups is 1. The number of rotatable bonds is 8. The molecule has 1 unspecified atom stereocenters. The van der Waals surface area contributed by atoms with E-state index in [-0.39, 0.29) is 0 Å². The second-order valence-corrected chi connectivity index (χ2v) is 8.63. The first-order valence-electron chi connectivity index (χ1n) is 5.70. The molecule has 16 heavy (non-hydrogen) atoms. The van der Waals surface area contributed by atoms with E-state index in [0.29, 0.717) is 6.10 Å². The molecule has 0 bridgehead atoms. The molecule has 0 N–H and O–H groups in total. The average molecular weight is 280 g/mol.